The van der Waals surface area contributed by atoms with Crippen LogP contribution in [0.5, 0.6) is 11.5 Å². The number of carboxylic acid groups (broad SMARTS) is 2. The second-order valence-corrected chi connectivity index (χ2v) is 14.3. The second kappa shape index (κ2) is 22.7. The van der Waals surface area contributed by atoms with Crippen molar-refractivity contribution in [3.8, 4) is 11.5 Å². The summed E-state index contributed by atoms with van der Waals surface area (Å²) in [5.41, 5.74) is 6.65. The second-order valence-electron chi connectivity index (χ2n) is 14.3. The highest BCUT2D eigenvalue weighted by Crippen LogP contribution is 2.15. The molecule has 0 aliphatic carbocycles. The van der Waals surface area contributed by atoms with Crippen LogP contribution in [0.3, 0.4) is 0 Å². The number of amides is 6. The predicted molar refractivity (Wildman–Crippen MR) is 211 cm³/mol. The molecule has 0 saturated carbocycles. The molecule has 4 unspecified atom stereocenters. The lowest BCUT2D eigenvalue weighted by molar-refractivity contribution is -0.139. The highest BCUT2D eigenvalue weighted by molar-refractivity contribution is 5.99. The summed E-state index contributed by atoms with van der Waals surface area (Å²) in [5, 5.41) is 50.6. The summed E-state index contributed by atoms with van der Waals surface area (Å²) in [6.07, 6.45) is -2.11. The number of hydrogen-bond donors (Lipinski definition) is 10. The molecule has 0 aromatic heterocycles. The molecule has 316 valence electrons. The summed E-state index contributed by atoms with van der Waals surface area (Å²) in [4.78, 5) is 103. The van der Waals surface area contributed by atoms with Crippen LogP contribution in [0.1, 0.15) is 67.4 Å². The number of primary amides is 1. The van der Waals surface area contributed by atoms with E-state index in [2.05, 4.69) is 26.6 Å². The van der Waals surface area contributed by atoms with Crippen LogP contribution >= 0.6 is 0 Å². The Morgan fingerprint density at radius 1 is 0.525 bits per heavy atom. The molecule has 0 bridgehead atoms. The molecule has 18 nitrogen and oxygen atoms in total. The molecule has 11 N–H and O–H groups in total. The molecule has 0 aliphatic rings. The average Bonchev–Trinajstić information content (AvgIpc) is 3.17. The van der Waals surface area contributed by atoms with Gasteiger partial charge in [-0.15, -0.1) is 0 Å². The highest BCUT2D eigenvalue weighted by atomic mass is 16.4. The summed E-state index contributed by atoms with van der Waals surface area (Å²) in [7, 11) is 0. The van der Waals surface area contributed by atoms with Gasteiger partial charge < -0.3 is 52.7 Å². The fraction of sp³-hybridized carbons (Fsp3) is 0.366. The van der Waals surface area contributed by atoms with Gasteiger partial charge in [0.1, 0.15) is 41.7 Å². The Morgan fingerprint density at radius 3 is 1.44 bits per heavy atom. The van der Waals surface area contributed by atoms with Crippen molar-refractivity contribution in [2.24, 2.45) is 11.7 Å². The van der Waals surface area contributed by atoms with Crippen LogP contribution in [0.2, 0.25) is 0 Å². The van der Waals surface area contributed by atoms with Gasteiger partial charge in [0, 0.05) is 31.2 Å². The molecule has 3 rings (SSSR count). The first-order valence-electron chi connectivity index (χ1n) is 18.8. The van der Waals surface area contributed by atoms with Crippen LogP contribution in [0.4, 0.5) is 0 Å². The van der Waals surface area contributed by atoms with Gasteiger partial charge in [-0.1, -0.05) is 56.3 Å². The van der Waals surface area contributed by atoms with Crippen molar-refractivity contribution in [2.75, 3.05) is 0 Å². The maximum Gasteiger partial charge on any atom is 0.303 e. The maximum atomic E-state index is 14.1. The van der Waals surface area contributed by atoms with Crippen LogP contribution < -0.4 is 32.3 Å². The van der Waals surface area contributed by atoms with Crippen molar-refractivity contribution in [3.63, 3.8) is 0 Å². The molecule has 0 radical (unpaired) electrons. The van der Waals surface area contributed by atoms with E-state index in [-0.39, 0.29) is 48.7 Å². The zero-order chi connectivity index (χ0) is 43.6. The molecular formula is C41H50N6O12. The molecule has 0 aliphatic heterocycles. The van der Waals surface area contributed by atoms with Gasteiger partial charge in [0.2, 0.25) is 29.5 Å². The summed E-state index contributed by atoms with van der Waals surface area (Å²) in [5.74, 6) is -8.15. The molecule has 0 spiro atoms. The number of nitrogens with two attached hydrogens (primary N) is 1. The predicted octanol–water partition coefficient (Wildman–Crippen LogP) is 0.882. The third-order valence-corrected chi connectivity index (χ3v) is 8.97. The van der Waals surface area contributed by atoms with Crippen molar-refractivity contribution >= 4 is 47.4 Å². The van der Waals surface area contributed by atoms with Crippen LogP contribution in [0.25, 0.3) is 0 Å². The van der Waals surface area contributed by atoms with Gasteiger partial charge in [-0.25, -0.2) is 0 Å². The van der Waals surface area contributed by atoms with E-state index in [9.17, 15) is 53.7 Å². The molecule has 0 fully saturated rings. The molecular weight excluding hydrogens is 768 g/mol. The number of aliphatic carboxylic acids is 2. The molecule has 6 amide bonds. The normalized spacial score (nSPS) is 13.4. The summed E-state index contributed by atoms with van der Waals surface area (Å²) < 4.78 is 0. The average molecular weight is 819 g/mol. The zero-order valence-corrected chi connectivity index (χ0v) is 32.6. The van der Waals surface area contributed by atoms with Crippen LogP contribution in [-0.4, -0.2) is 98.0 Å². The molecule has 18 heteroatoms. The number of carboxylic acids is 2. The van der Waals surface area contributed by atoms with Gasteiger partial charge in [0.05, 0.1) is 0 Å². The Balaban J connectivity index is 1.92. The van der Waals surface area contributed by atoms with Crippen molar-refractivity contribution in [3.05, 3.63) is 95.6 Å². The maximum absolute atomic E-state index is 14.1. The first kappa shape index (κ1) is 46.4. The van der Waals surface area contributed by atoms with E-state index in [1.165, 1.54) is 48.5 Å². The van der Waals surface area contributed by atoms with E-state index < -0.39 is 96.9 Å². The number of benzene rings is 3. The number of aromatic hydroxyl groups is 2. The molecule has 3 aromatic carbocycles. The molecule has 0 saturated heterocycles. The van der Waals surface area contributed by atoms with Gasteiger partial charge in [-0.2, -0.15) is 0 Å². The van der Waals surface area contributed by atoms with Crippen LogP contribution in [0.15, 0.2) is 78.9 Å². The molecule has 59 heavy (non-hydrogen) atoms. The molecule has 3 aromatic rings. The van der Waals surface area contributed by atoms with Gasteiger partial charge in [-0.05, 0) is 72.7 Å². The minimum absolute atomic E-state index is 0.0328. The lowest BCUT2D eigenvalue weighted by atomic mass is 9.99. The number of carbonyl (C=O) groups excluding carboxylic acids is 6. The van der Waals surface area contributed by atoms with Gasteiger partial charge in [0.25, 0.3) is 5.91 Å². The lowest BCUT2D eigenvalue weighted by Gasteiger charge is -2.28. The summed E-state index contributed by atoms with van der Waals surface area (Å²) >= 11 is 0. The highest BCUT2D eigenvalue weighted by Gasteiger charge is 2.33. The Kier molecular flexibility index (Phi) is 17.8. The Morgan fingerprint density at radius 2 is 0.932 bits per heavy atom. The minimum Gasteiger partial charge on any atom is -0.508 e. The number of phenols is 2. The van der Waals surface area contributed by atoms with E-state index in [1.807, 2.05) is 0 Å². The molecule has 5 atom stereocenters. The number of nitrogens with one attached hydrogen (secondary N) is 5. The standard InChI is InChI=1S/C41H50N6O12/c1-23(2)20-31(46-41(59)32(21-24-6-4-3-5-7-24)45-37(55)26-10-14-28(49)15-11-26)39(57)47-33(22-25-8-12-27(48)13-9-25)40(58)44-30(17-19-35(52)53)38(56)43-29(36(42)54)16-18-34(50)51/h3-15,23,29-33,48-49H,16-22H2,1-2H3,(H2,42,54)(H,43,56)(H,44,58)(H,45,55)(H,46,59)(H,47,57)(H,50,51)(H,52,53)/t29?,30-,31?,32?,33?/m0/s1. The van der Waals surface area contributed by atoms with E-state index in [0.29, 0.717) is 11.1 Å². The monoisotopic (exact) mass is 818 g/mol. The smallest absolute Gasteiger partial charge is 0.303 e. The lowest BCUT2D eigenvalue weighted by Crippen LogP contribution is -2.59. The summed E-state index contributed by atoms with van der Waals surface area (Å²) in [6, 6.07) is 12.9. The largest absolute Gasteiger partial charge is 0.508 e. The number of carbonyl (C=O) groups is 8. The van der Waals surface area contributed by atoms with Crippen molar-refractivity contribution in [2.45, 2.75) is 89.0 Å². The fourth-order valence-corrected chi connectivity index (χ4v) is 5.87. The van der Waals surface area contributed by atoms with Crippen LogP contribution in [-0.2, 0) is 46.4 Å². The molecule has 0 heterocycles. The number of hydrogen-bond acceptors (Lipinski definition) is 10. The van der Waals surface area contributed by atoms with Crippen molar-refractivity contribution in [1.29, 1.82) is 0 Å². The SMILES string of the molecule is CC(C)CC(NC(=O)C(Cc1ccccc1)NC(=O)c1ccc(O)cc1)C(=O)NC(Cc1ccc(O)cc1)C(=O)N[C@@H](CCC(=O)O)C(=O)NC(CCC(=O)O)C(N)=O. The van der Waals surface area contributed by atoms with E-state index in [4.69, 9.17) is 10.8 Å². The summed E-state index contributed by atoms with van der Waals surface area (Å²) in [6.45, 7) is 3.59. The van der Waals surface area contributed by atoms with Gasteiger partial charge in [0.15, 0.2) is 0 Å². The minimum atomic E-state index is -1.59. The topological polar surface area (TPSA) is 304 Å². The first-order chi connectivity index (χ1) is 27.9. The number of rotatable bonds is 23. The van der Waals surface area contributed by atoms with Gasteiger partial charge >= 0.3 is 11.9 Å². The third-order valence-electron chi connectivity index (χ3n) is 8.97. The van der Waals surface area contributed by atoms with E-state index in [1.54, 1.807) is 44.2 Å². The quantitative estimate of drug-likeness (QED) is 0.0638. The Hall–Kier alpha value is -6.98. The Labute approximate surface area is 339 Å². The van der Waals surface area contributed by atoms with Crippen molar-refractivity contribution < 1.29 is 58.8 Å². The van der Waals surface area contributed by atoms with Gasteiger partial charge in [-0.3, -0.25) is 38.4 Å². The third kappa shape index (κ3) is 16.2. The Bertz CT molecular complexity index is 1940. The first-order valence-corrected chi connectivity index (χ1v) is 18.8. The van der Waals surface area contributed by atoms with Crippen molar-refractivity contribution in [1.82, 2.24) is 26.6 Å². The van der Waals surface area contributed by atoms with E-state index in [0.717, 1.165) is 0 Å². The fourth-order valence-electron chi connectivity index (χ4n) is 5.87. The van der Waals surface area contributed by atoms with E-state index >= 15 is 0 Å². The zero-order valence-electron chi connectivity index (χ0n) is 32.6. The van der Waals surface area contributed by atoms with Crippen LogP contribution in [0, 0.1) is 5.92 Å². The number of phenolic OH excluding ortho intramolecular Hbond substituents is 2.